The highest BCUT2D eigenvalue weighted by molar-refractivity contribution is 5.81. The molecule has 5 heterocycles. The van der Waals surface area contributed by atoms with E-state index in [9.17, 15) is 9.59 Å². The average Bonchev–Trinajstić information content (AvgIpc) is 3.79. The monoisotopic (exact) mass is 581 g/mol. The zero-order valence-corrected chi connectivity index (χ0v) is 24.6. The van der Waals surface area contributed by atoms with E-state index in [1.54, 1.807) is 4.52 Å². The number of carbonyl (C=O) groups excluding carboxylic acids is 2. The third-order valence-corrected chi connectivity index (χ3v) is 9.48. The van der Waals surface area contributed by atoms with Crippen molar-refractivity contribution in [2.45, 2.75) is 49.9 Å². The van der Waals surface area contributed by atoms with Gasteiger partial charge in [0, 0.05) is 24.9 Å². The Morgan fingerprint density at radius 1 is 1.12 bits per heavy atom. The average molecular weight is 582 g/mol. The van der Waals surface area contributed by atoms with E-state index in [1.165, 1.54) is 12.7 Å². The first kappa shape index (κ1) is 27.4. The third-order valence-electron chi connectivity index (χ3n) is 9.48. The summed E-state index contributed by atoms with van der Waals surface area (Å²) in [4.78, 5) is 33.2. The van der Waals surface area contributed by atoms with Crippen molar-refractivity contribution in [2.24, 2.45) is 5.92 Å². The molecule has 0 radical (unpaired) electrons. The predicted molar refractivity (Wildman–Crippen MR) is 159 cm³/mol. The molecule has 4 aromatic rings. The van der Waals surface area contributed by atoms with Gasteiger partial charge in [0.25, 0.3) is 0 Å². The van der Waals surface area contributed by atoms with Crippen LogP contribution in [0.3, 0.4) is 0 Å². The second kappa shape index (κ2) is 10.1. The minimum atomic E-state index is -1.10. The van der Waals surface area contributed by atoms with E-state index >= 15 is 0 Å². The van der Waals surface area contributed by atoms with Gasteiger partial charge in [0.2, 0.25) is 0 Å². The fourth-order valence-electron chi connectivity index (χ4n) is 7.18. The molecule has 2 bridgehead atoms. The van der Waals surface area contributed by atoms with Gasteiger partial charge in [-0.15, -0.1) is 5.10 Å². The fourth-order valence-corrected chi connectivity index (χ4v) is 7.18. The number of alkyl carbamates (subject to hydrolysis) is 1. The lowest BCUT2D eigenvalue weighted by Gasteiger charge is -2.48. The zero-order chi connectivity index (χ0) is 29.8. The smallest absolute Gasteiger partial charge is 0.408 e. The number of fused-ring (bicyclic) bond motifs is 2. The quantitative estimate of drug-likeness (QED) is 0.322. The molecule has 3 unspecified atom stereocenters. The van der Waals surface area contributed by atoms with Crippen molar-refractivity contribution in [1.82, 2.24) is 19.9 Å². The number of esters is 1. The number of ether oxygens (including phenoxy) is 3. The molecule has 4 fully saturated rings. The van der Waals surface area contributed by atoms with E-state index in [1.807, 2.05) is 43.5 Å². The van der Waals surface area contributed by atoms with Gasteiger partial charge in [-0.1, -0.05) is 67.6 Å². The molecule has 3 aliphatic heterocycles. The number of aryl methyl sites for hydroxylation is 1. The molecule has 1 aliphatic carbocycles. The minimum Gasteiger partial charge on any atom is -0.469 e. The molecule has 2 aromatic heterocycles. The highest BCUT2D eigenvalue weighted by atomic mass is 16.6. The Balaban J connectivity index is 1.13. The van der Waals surface area contributed by atoms with Crippen molar-refractivity contribution in [3.05, 3.63) is 95.4 Å². The summed E-state index contributed by atoms with van der Waals surface area (Å²) in [5.74, 6) is -0.886. The van der Waals surface area contributed by atoms with Crippen molar-refractivity contribution in [3.63, 3.8) is 0 Å². The molecule has 10 heteroatoms. The standard InChI is InChI=1S/C33H35N5O5/c1-22-16-25(37-15-14-31(2,20-37)24-12-8-5-9-13-24)17-38-27(22)34-29(36-38)33-19-32(21-43-33,26(33)28(39)41-3)35-30(40)42-18-23-10-6-4-7-11-23/h4-13,16-17,26H,14-15,18-21H2,1-3H3,(H,35,40)/t26?,31-,32?,33?/m0/s1. The number of hydrogen-bond donors (Lipinski definition) is 1. The van der Waals surface area contributed by atoms with Crippen molar-refractivity contribution in [3.8, 4) is 0 Å². The van der Waals surface area contributed by atoms with E-state index in [4.69, 9.17) is 24.3 Å². The van der Waals surface area contributed by atoms with E-state index in [0.717, 1.165) is 36.3 Å². The Hall–Kier alpha value is -4.44. The molecule has 43 heavy (non-hydrogen) atoms. The Bertz CT molecular complexity index is 1690. The minimum absolute atomic E-state index is 0.0620. The van der Waals surface area contributed by atoms with Gasteiger partial charge in [0.15, 0.2) is 11.5 Å². The van der Waals surface area contributed by atoms with Crippen molar-refractivity contribution in [2.75, 3.05) is 31.7 Å². The van der Waals surface area contributed by atoms with Crippen LogP contribution in [0, 0.1) is 12.8 Å². The summed E-state index contributed by atoms with van der Waals surface area (Å²) >= 11 is 0. The number of amides is 1. The fraction of sp³-hybridized carbons (Fsp3) is 0.394. The maximum absolute atomic E-state index is 13.1. The van der Waals surface area contributed by atoms with E-state index in [2.05, 4.69) is 53.5 Å². The van der Waals surface area contributed by atoms with Gasteiger partial charge in [-0.3, -0.25) is 4.79 Å². The van der Waals surface area contributed by atoms with Gasteiger partial charge < -0.3 is 24.4 Å². The van der Waals surface area contributed by atoms with Crippen LogP contribution in [-0.4, -0.2) is 59.0 Å². The zero-order valence-electron chi connectivity index (χ0n) is 24.6. The maximum atomic E-state index is 13.1. The van der Waals surface area contributed by atoms with Crippen molar-refractivity contribution >= 4 is 23.4 Å². The molecule has 1 saturated carbocycles. The number of nitrogens with one attached hydrogen (secondary N) is 1. The first-order valence-corrected chi connectivity index (χ1v) is 14.6. The number of methoxy groups -OCH3 is 1. The number of benzene rings is 2. The second-order valence-electron chi connectivity index (χ2n) is 12.3. The molecule has 8 rings (SSSR count). The van der Waals surface area contributed by atoms with Crippen molar-refractivity contribution < 1.29 is 23.8 Å². The molecule has 2 aromatic carbocycles. The van der Waals surface area contributed by atoms with Gasteiger partial charge >= 0.3 is 12.1 Å². The van der Waals surface area contributed by atoms with Crippen LogP contribution < -0.4 is 10.2 Å². The molecule has 3 saturated heterocycles. The summed E-state index contributed by atoms with van der Waals surface area (Å²) in [6.45, 7) is 6.41. The number of aromatic nitrogens is 3. The van der Waals surface area contributed by atoms with Gasteiger partial charge in [0.1, 0.15) is 18.1 Å². The van der Waals surface area contributed by atoms with Gasteiger partial charge in [0.05, 0.1) is 31.1 Å². The van der Waals surface area contributed by atoms with E-state index in [-0.39, 0.29) is 18.6 Å². The Kier molecular flexibility index (Phi) is 6.42. The summed E-state index contributed by atoms with van der Waals surface area (Å²) in [7, 11) is 1.34. The summed E-state index contributed by atoms with van der Waals surface area (Å²) in [5.41, 5.74) is 2.96. The predicted octanol–water partition coefficient (Wildman–Crippen LogP) is 4.29. The number of rotatable bonds is 7. The number of pyridine rings is 1. The lowest BCUT2D eigenvalue weighted by molar-refractivity contribution is -0.167. The van der Waals surface area contributed by atoms with Gasteiger partial charge in [-0.05, 0) is 36.1 Å². The molecule has 1 amide bonds. The third kappa shape index (κ3) is 4.43. The van der Waals surface area contributed by atoms with Gasteiger partial charge in [-0.25, -0.2) is 14.3 Å². The Labute approximate surface area is 250 Å². The van der Waals surface area contributed by atoms with Crippen LogP contribution in [-0.2, 0) is 36.6 Å². The molecule has 0 spiro atoms. The summed E-state index contributed by atoms with van der Waals surface area (Å²) < 4.78 is 18.7. The molecule has 222 valence electrons. The van der Waals surface area contributed by atoms with Crippen LogP contribution >= 0.6 is 0 Å². The first-order valence-electron chi connectivity index (χ1n) is 14.6. The molecular weight excluding hydrogens is 546 g/mol. The second-order valence-corrected chi connectivity index (χ2v) is 12.3. The Morgan fingerprint density at radius 3 is 2.60 bits per heavy atom. The SMILES string of the molecule is COC(=O)C1C2(NC(=O)OCc3ccccc3)COC1(c1nc3c(C)cc(N4CC[C@](C)(c5ccccc5)C4)cn3n1)C2. The highest BCUT2D eigenvalue weighted by Crippen LogP contribution is 2.61. The van der Waals surface area contributed by atoms with Gasteiger partial charge in [-0.2, -0.15) is 0 Å². The van der Waals surface area contributed by atoms with Crippen LogP contribution in [0.15, 0.2) is 72.9 Å². The normalized spacial score (nSPS) is 27.6. The van der Waals surface area contributed by atoms with Crippen molar-refractivity contribution in [1.29, 1.82) is 0 Å². The van der Waals surface area contributed by atoms with Crippen LogP contribution in [0.25, 0.3) is 5.65 Å². The topological polar surface area (TPSA) is 107 Å². The number of hydrogen-bond acceptors (Lipinski definition) is 8. The number of carbonyl (C=O) groups is 2. The first-order chi connectivity index (χ1) is 20.8. The van der Waals surface area contributed by atoms with E-state index in [0.29, 0.717) is 17.9 Å². The molecule has 10 nitrogen and oxygen atoms in total. The highest BCUT2D eigenvalue weighted by Gasteiger charge is 2.77. The Morgan fingerprint density at radius 2 is 1.86 bits per heavy atom. The largest absolute Gasteiger partial charge is 0.469 e. The molecule has 4 atom stereocenters. The summed E-state index contributed by atoms with van der Waals surface area (Å²) in [6, 6.07) is 22.2. The maximum Gasteiger partial charge on any atom is 0.408 e. The number of nitrogens with zero attached hydrogens (tertiary/aromatic N) is 4. The lowest BCUT2D eigenvalue weighted by atomic mass is 9.58. The van der Waals surface area contributed by atoms with E-state index < -0.39 is 29.1 Å². The molecular formula is C33H35N5O5. The van der Waals surface area contributed by atoms with Crippen LogP contribution in [0.5, 0.6) is 0 Å². The van der Waals surface area contributed by atoms with Crippen LogP contribution in [0.4, 0.5) is 10.5 Å². The lowest BCUT2D eigenvalue weighted by Crippen LogP contribution is -2.69. The van der Waals surface area contributed by atoms with Crippen LogP contribution in [0.1, 0.15) is 42.3 Å². The number of anilines is 1. The van der Waals surface area contributed by atoms with Crippen LogP contribution in [0.2, 0.25) is 0 Å². The molecule has 1 N–H and O–H groups in total. The molecule has 4 aliphatic rings. The summed E-state index contributed by atoms with van der Waals surface area (Å²) in [6.07, 6.45) is 2.77. The summed E-state index contributed by atoms with van der Waals surface area (Å²) in [5, 5.41) is 7.75.